The molecule has 0 heterocycles. The molecule has 0 bridgehead atoms. The third-order valence-corrected chi connectivity index (χ3v) is 2.86. The van der Waals surface area contributed by atoms with E-state index in [1.165, 1.54) is 12.1 Å². The molecule has 0 aliphatic heterocycles. The molecule has 0 unspecified atom stereocenters. The highest BCUT2D eigenvalue weighted by Gasteiger charge is 2.13. The number of carbonyl (C=O) groups excluding carboxylic acids is 1. The van der Waals surface area contributed by atoms with E-state index >= 15 is 0 Å². The van der Waals surface area contributed by atoms with Crippen LogP contribution in [0.25, 0.3) is 0 Å². The summed E-state index contributed by atoms with van der Waals surface area (Å²) in [7, 11) is 1.58. The first-order chi connectivity index (χ1) is 10.7. The fraction of sp³-hybridized carbons (Fsp3) is 0.500. The number of hydrogen-bond donors (Lipinski definition) is 3. The van der Waals surface area contributed by atoms with Crippen molar-refractivity contribution in [3.63, 3.8) is 0 Å². The normalized spacial score (nSPS) is 12.0. The molecular formula is C16H24F2N4O. The van der Waals surface area contributed by atoms with Crippen LogP contribution < -0.4 is 16.0 Å². The number of hydrogen-bond acceptors (Lipinski definition) is 2. The average Bonchev–Trinajstić information content (AvgIpc) is 2.42. The Morgan fingerprint density at radius 1 is 1.22 bits per heavy atom. The maximum Gasteiger partial charge on any atom is 0.239 e. The molecule has 0 aromatic heterocycles. The van der Waals surface area contributed by atoms with Gasteiger partial charge in [-0.25, -0.2) is 8.78 Å². The molecule has 7 heteroatoms. The molecule has 0 saturated carbocycles. The Bertz CT molecular complexity index is 568. The topological polar surface area (TPSA) is 65.5 Å². The molecule has 1 aromatic rings. The van der Waals surface area contributed by atoms with Crippen LogP contribution >= 0.6 is 0 Å². The predicted octanol–water partition coefficient (Wildman–Crippen LogP) is 1.59. The second-order valence-electron chi connectivity index (χ2n) is 6.14. The van der Waals surface area contributed by atoms with Gasteiger partial charge in [-0.15, -0.1) is 0 Å². The van der Waals surface area contributed by atoms with Gasteiger partial charge in [-0.1, -0.05) is 6.07 Å². The molecule has 5 nitrogen and oxygen atoms in total. The number of amides is 1. The Morgan fingerprint density at radius 3 is 2.48 bits per heavy atom. The zero-order valence-electron chi connectivity index (χ0n) is 14.0. The second-order valence-corrected chi connectivity index (χ2v) is 6.14. The summed E-state index contributed by atoms with van der Waals surface area (Å²) in [6, 6.07) is 3.50. The fourth-order valence-electron chi connectivity index (χ4n) is 1.89. The summed E-state index contributed by atoms with van der Waals surface area (Å²) in [5, 5.41) is 8.68. The van der Waals surface area contributed by atoms with Crippen LogP contribution in [0.4, 0.5) is 8.78 Å². The molecule has 128 valence electrons. The number of aliphatic imine (C=N–C) groups is 1. The summed E-state index contributed by atoms with van der Waals surface area (Å²) in [4.78, 5) is 15.7. The van der Waals surface area contributed by atoms with Gasteiger partial charge in [-0.3, -0.25) is 9.79 Å². The molecule has 1 aromatic carbocycles. The summed E-state index contributed by atoms with van der Waals surface area (Å²) in [5.74, 6) is -0.873. The van der Waals surface area contributed by atoms with Gasteiger partial charge in [0.15, 0.2) is 5.96 Å². The standard InChI is InChI=1S/C16H24F2N4O/c1-16(2,3)22-14(23)10-21-15(19-4)20-8-7-11-5-6-12(17)9-13(11)18/h5-6,9H,7-8,10H2,1-4H3,(H,22,23)(H2,19,20,21). The number of carbonyl (C=O) groups is 1. The third-order valence-electron chi connectivity index (χ3n) is 2.86. The van der Waals surface area contributed by atoms with Crippen LogP contribution in [0.15, 0.2) is 23.2 Å². The van der Waals surface area contributed by atoms with Crippen LogP contribution in [0, 0.1) is 11.6 Å². The fourth-order valence-corrected chi connectivity index (χ4v) is 1.89. The van der Waals surface area contributed by atoms with Gasteiger partial charge in [0.25, 0.3) is 0 Å². The zero-order chi connectivity index (χ0) is 17.5. The maximum absolute atomic E-state index is 13.5. The monoisotopic (exact) mass is 326 g/mol. The van der Waals surface area contributed by atoms with E-state index in [2.05, 4.69) is 20.9 Å². The van der Waals surface area contributed by atoms with Gasteiger partial charge in [0.2, 0.25) is 5.91 Å². The maximum atomic E-state index is 13.5. The molecule has 1 amide bonds. The summed E-state index contributed by atoms with van der Waals surface area (Å²) >= 11 is 0. The van der Waals surface area contributed by atoms with E-state index in [4.69, 9.17) is 0 Å². The largest absolute Gasteiger partial charge is 0.356 e. The lowest BCUT2D eigenvalue weighted by Crippen LogP contribution is -2.48. The van der Waals surface area contributed by atoms with Crippen LogP contribution in [0.3, 0.4) is 0 Å². The van der Waals surface area contributed by atoms with E-state index < -0.39 is 11.6 Å². The lowest BCUT2D eigenvalue weighted by atomic mass is 10.1. The smallest absolute Gasteiger partial charge is 0.239 e. The molecular weight excluding hydrogens is 302 g/mol. The van der Waals surface area contributed by atoms with E-state index in [1.54, 1.807) is 7.05 Å². The molecule has 0 saturated heterocycles. The minimum absolute atomic E-state index is 0.0852. The molecule has 0 atom stereocenters. The van der Waals surface area contributed by atoms with Crippen molar-refractivity contribution >= 4 is 11.9 Å². The van der Waals surface area contributed by atoms with Crippen molar-refractivity contribution < 1.29 is 13.6 Å². The van der Waals surface area contributed by atoms with Crippen LogP contribution in [0.5, 0.6) is 0 Å². The lowest BCUT2D eigenvalue weighted by molar-refractivity contribution is -0.121. The molecule has 0 aliphatic rings. The Balaban J connectivity index is 2.38. The van der Waals surface area contributed by atoms with Crippen LogP contribution in [0.1, 0.15) is 26.3 Å². The van der Waals surface area contributed by atoms with Crippen molar-refractivity contribution in [2.24, 2.45) is 4.99 Å². The first kappa shape index (κ1) is 18.9. The van der Waals surface area contributed by atoms with E-state index in [1.807, 2.05) is 20.8 Å². The van der Waals surface area contributed by atoms with E-state index in [9.17, 15) is 13.6 Å². The van der Waals surface area contributed by atoms with Crippen LogP contribution in [-0.2, 0) is 11.2 Å². The predicted molar refractivity (Wildman–Crippen MR) is 87.3 cm³/mol. The van der Waals surface area contributed by atoms with E-state index in [-0.39, 0.29) is 18.0 Å². The highest BCUT2D eigenvalue weighted by atomic mass is 19.1. The first-order valence-electron chi connectivity index (χ1n) is 7.41. The van der Waals surface area contributed by atoms with Gasteiger partial charge in [0.05, 0.1) is 6.54 Å². The summed E-state index contributed by atoms with van der Waals surface area (Å²) < 4.78 is 26.3. The third kappa shape index (κ3) is 7.58. The molecule has 1 rings (SSSR count). The number of rotatable bonds is 5. The minimum atomic E-state index is -0.596. The average molecular weight is 326 g/mol. The van der Waals surface area contributed by atoms with Crippen molar-refractivity contribution in [2.75, 3.05) is 20.1 Å². The molecule has 0 aliphatic carbocycles. The Morgan fingerprint density at radius 2 is 1.91 bits per heavy atom. The van der Waals surface area contributed by atoms with Gasteiger partial charge in [-0.05, 0) is 38.8 Å². The highest BCUT2D eigenvalue weighted by molar-refractivity contribution is 5.86. The van der Waals surface area contributed by atoms with Gasteiger partial charge >= 0.3 is 0 Å². The number of nitrogens with one attached hydrogen (secondary N) is 3. The molecule has 23 heavy (non-hydrogen) atoms. The molecule has 0 spiro atoms. The quantitative estimate of drug-likeness (QED) is 0.569. The Hall–Kier alpha value is -2.18. The Labute approximate surface area is 135 Å². The molecule has 3 N–H and O–H groups in total. The van der Waals surface area contributed by atoms with Gasteiger partial charge in [0, 0.05) is 25.2 Å². The van der Waals surface area contributed by atoms with Crippen LogP contribution in [-0.4, -0.2) is 37.5 Å². The van der Waals surface area contributed by atoms with Gasteiger partial charge < -0.3 is 16.0 Å². The van der Waals surface area contributed by atoms with Crippen molar-refractivity contribution in [1.29, 1.82) is 0 Å². The van der Waals surface area contributed by atoms with Crippen LogP contribution in [0.2, 0.25) is 0 Å². The number of guanidine groups is 1. The summed E-state index contributed by atoms with van der Waals surface area (Å²) in [6.07, 6.45) is 0.376. The second kappa shape index (κ2) is 8.45. The Kier molecular flexibility index (Phi) is 6.93. The number of halogens is 2. The van der Waals surface area contributed by atoms with Gasteiger partial charge in [0.1, 0.15) is 11.6 Å². The summed E-state index contributed by atoms with van der Waals surface area (Å²) in [5.41, 5.74) is 0.121. The van der Waals surface area contributed by atoms with Gasteiger partial charge in [-0.2, -0.15) is 0 Å². The minimum Gasteiger partial charge on any atom is -0.356 e. The van der Waals surface area contributed by atoms with Crippen molar-refractivity contribution in [1.82, 2.24) is 16.0 Å². The van der Waals surface area contributed by atoms with Crippen molar-refractivity contribution in [3.8, 4) is 0 Å². The number of nitrogens with zero attached hydrogens (tertiary/aromatic N) is 1. The van der Waals surface area contributed by atoms with E-state index in [0.717, 1.165) is 6.07 Å². The SMILES string of the molecule is CN=C(NCCc1ccc(F)cc1F)NCC(=O)NC(C)(C)C. The first-order valence-corrected chi connectivity index (χ1v) is 7.41. The molecule has 0 radical (unpaired) electrons. The lowest BCUT2D eigenvalue weighted by Gasteiger charge is -2.21. The van der Waals surface area contributed by atoms with Crippen molar-refractivity contribution in [2.45, 2.75) is 32.7 Å². The highest BCUT2D eigenvalue weighted by Crippen LogP contribution is 2.09. The number of benzene rings is 1. The van der Waals surface area contributed by atoms with E-state index in [0.29, 0.717) is 24.5 Å². The summed E-state index contributed by atoms with van der Waals surface area (Å²) in [6.45, 7) is 6.19. The van der Waals surface area contributed by atoms with Crippen molar-refractivity contribution in [3.05, 3.63) is 35.4 Å². The molecule has 0 fully saturated rings. The zero-order valence-corrected chi connectivity index (χ0v) is 14.0.